The van der Waals surface area contributed by atoms with Crippen LogP contribution in [0.4, 0.5) is 0 Å². The van der Waals surface area contributed by atoms with E-state index >= 15 is 0 Å². The zero-order chi connectivity index (χ0) is 13.3. The number of nitrogens with one attached hydrogen (secondary N) is 1. The summed E-state index contributed by atoms with van der Waals surface area (Å²) in [5.74, 6) is -1.67. The van der Waals surface area contributed by atoms with Gasteiger partial charge in [0.25, 0.3) is 0 Å². The van der Waals surface area contributed by atoms with Crippen LogP contribution in [0.5, 0.6) is 0 Å². The van der Waals surface area contributed by atoms with Gasteiger partial charge < -0.3 is 15.8 Å². The molecule has 0 aliphatic heterocycles. The molecule has 6 heteroatoms. The van der Waals surface area contributed by atoms with Crippen molar-refractivity contribution in [1.29, 1.82) is 0 Å². The highest BCUT2D eigenvalue weighted by atomic mass is 16.5. The second kappa shape index (κ2) is 8.55. The predicted octanol–water partition coefficient (Wildman–Crippen LogP) is 0.0999. The van der Waals surface area contributed by atoms with Crippen LogP contribution in [0, 0.1) is 0 Å². The zero-order valence-corrected chi connectivity index (χ0v) is 10.3. The van der Waals surface area contributed by atoms with Crippen LogP contribution >= 0.6 is 0 Å². The lowest BCUT2D eigenvalue weighted by atomic mass is 10.2. The first kappa shape index (κ1) is 15.4. The summed E-state index contributed by atoms with van der Waals surface area (Å²) in [6.45, 7) is 3.59. The van der Waals surface area contributed by atoms with E-state index in [1.165, 1.54) is 6.92 Å². The Morgan fingerprint density at radius 2 is 1.94 bits per heavy atom. The highest BCUT2D eigenvalue weighted by Crippen LogP contribution is 1.99. The Balaban J connectivity index is 4.12. The molecule has 0 aromatic rings. The lowest BCUT2D eigenvalue weighted by Gasteiger charge is -2.15. The number of hydrogen-bond acceptors (Lipinski definition) is 4. The number of esters is 1. The second-order valence-electron chi connectivity index (χ2n) is 3.80. The normalized spacial score (nSPS) is 11.6. The van der Waals surface area contributed by atoms with Gasteiger partial charge in [0.1, 0.15) is 6.04 Å². The number of rotatable bonds is 8. The van der Waals surface area contributed by atoms with Crippen molar-refractivity contribution in [3.8, 4) is 0 Å². The summed E-state index contributed by atoms with van der Waals surface area (Å²) >= 11 is 0. The molecule has 0 aromatic heterocycles. The lowest BCUT2D eigenvalue weighted by molar-refractivity contribution is -0.149. The number of amides is 2. The monoisotopic (exact) mass is 244 g/mol. The Kier molecular flexibility index (Phi) is 7.75. The van der Waals surface area contributed by atoms with Crippen molar-refractivity contribution < 1.29 is 19.1 Å². The molecule has 0 rings (SSSR count). The van der Waals surface area contributed by atoms with Crippen LogP contribution < -0.4 is 11.1 Å². The summed E-state index contributed by atoms with van der Waals surface area (Å²) in [7, 11) is 0. The Labute approximate surface area is 101 Å². The SMILES string of the molecule is CCCCCOC(=O)[C@H](CC(N)=O)NC(C)=O. The van der Waals surface area contributed by atoms with E-state index in [1.807, 2.05) is 6.92 Å². The Bertz CT molecular complexity index is 263. The minimum absolute atomic E-state index is 0.244. The van der Waals surface area contributed by atoms with Gasteiger partial charge in [0.15, 0.2) is 0 Å². The standard InChI is InChI=1S/C11H20N2O4/c1-3-4-5-6-17-11(16)9(7-10(12)15)13-8(2)14/h9H,3-7H2,1-2H3,(H2,12,15)(H,13,14)/t9-/m0/s1. The number of ether oxygens (including phenoxy) is 1. The Hall–Kier alpha value is -1.59. The maximum absolute atomic E-state index is 11.5. The van der Waals surface area contributed by atoms with Gasteiger partial charge in [-0.25, -0.2) is 4.79 Å². The topological polar surface area (TPSA) is 98.5 Å². The highest BCUT2D eigenvalue weighted by Gasteiger charge is 2.22. The van der Waals surface area contributed by atoms with Gasteiger partial charge in [0.2, 0.25) is 11.8 Å². The van der Waals surface area contributed by atoms with Crippen molar-refractivity contribution in [3.05, 3.63) is 0 Å². The number of nitrogens with two attached hydrogens (primary N) is 1. The number of carbonyl (C=O) groups is 3. The van der Waals surface area contributed by atoms with Crippen LogP contribution in [-0.4, -0.2) is 30.4 Å². The molecule has 0 spiro atoms. The van der Waals surface area contributed by atoms with Crippen LogP contribution in [0.15, 0.2) is 0 Å². The molecule has 0 fully saturated rings. The summed E-state index contributed by atoms with van der Waals surface area (Å²) < 4.78 is 4.95. The Morgan fingerprint density at radius 3 is 2.41 bits per heavy atom. The molecule has 0 aromatic carbocycles. The molecule has 0 aliphatic carbocycles. The molecule has 0 saturated carbocycles. The van der Waals surface area contributed by atoms with Crippen LogP contribution in [0.2, 0.25) is 0 Å². The molecular weight excluding hydrogens is 224 g/mol. The molecule has 0 aliphatic rings. The lowest BCUT2D eigenvalue weighted by Crippen LogP contribution is -2.43. The van der Waals surface area contributed by atoms with E-state index in [0.717, 1.165) is 19.3 Å². The van der Waals surface area contributed by atoms with Gasteiger partial charge in [-0.05, 0) is 6.42 Å². The minimum atomic E-state index is -0.980. The Morgan fingerprint density at radius 1 is 1.29 bits per heavy atom. The van der Waals surface area contributed by atoms with Gasteiger partial charge in [-0.3, -0.25) is 9.59 Å². The van der Waals surface area contributed by atoms with E-state index in [-0.39, 0.29) is 6.42 Å². The van der Waals surface area contributed by atoms with Gasteiger partial charge in [-0.1, -0.05) is 19.8 Å². The third-order valence-corrected chi connectivity index (χ3v) is 2.06. The number of carbonyl (C=O) groups excluding carboxylic acids is 3. The molecule has 0 unspecified atom stereocenters. The molecule has 17 heavy (non-hydrogen) atoms. The van der Waals surface area contributed by atoms with Gasteiger partial charge in [0.05, 0.1) is 13.0 Å². The summed E-state index contributed by atoms with van der Waals surface area (Å²) in [6.07, 6.45) is 2.51. The van der Waals surface area contributed by atoms with Crippen molar-refractivity contribution in [2.24, 2.45) is 5.73 Å². The van der Waals surface area contributed by atoms with Crippen LogP contribution in [-0.2, 0) is 19.1 Å². The van der Waals surface area contributed by atoms with Gasteiger partial charge in [-0.2, -0.15) is 0 Å². The van der Waals surface area contributed by atoms with Crippen molar-refractivity contribution in [3.63, 3.8) is 0 Å². The molecule has 0 saturated heterocycles. The molecule has 3 N–H and O–H groups in total. The van der Waals surface area contributed by atoms with E-state index in [0.29, 0.717) is 6.61 Å². The van der Waals surface area contributed by atoms with Crippen molar-refractivity contribution >= 4 is 17.8 Å². The molecule has 0 radical (unpaired) electrons. The fourth-order valence-corrected chi connectivity index (χ4v) is 1.27. The fraction of sp³-hybridized carbons (Fsp3) is 0.727. The first-order valence-corrected chi connectivity index (χ1v) is 5.69. The summed E-state index contributed by atoms with van der Waals surface area (Å²) in [6, 6.07) is -0.980. The van der Waals surface area contributed by atoms with E-state index in [2.05, 4.69) is 5.32 Å². The minimum Gasteiger partial charge on any atom is -0.464 e. The highest BCUT2D eigenvalue weighted by molar-refractivity contribution is 5.88. The average Bonchev–Trinajstić information content (AvgIpc) is 2.22. The molecule has 6 nitrogen and oxygen atoms in total. The summed E-state index contributed by atoms with van der Waals surface area (Å²) in [4.78, 5) is 33.1. The maximum Gasteiger partial charge on any atom is 0.329 e. The molecule has 0 heterocycles. The van der Waals surface area contributed by atoms with Gasteiger partial charge in [0, 0.05) is 6.92 Å². The third kappa shape index (κ3) is 8.24. The molecule has 2 amide bonds. The number of unbranched alkanes of at least 4 members (excludes halogenated alkanes) is 2. The quantitative estimate of drug-likeness (QED) is 0.467. The largest absolute Gasteiger partial charge is 0.464 e. The van der Waals surface area contributed by atoms with Crippen molar-refractivity contribution in [2.45, 2.75) is 45.6 Å². The maximum atomic E-state index is 11.5. The van der Waals surface area contributed by atoms with Crippen molar-refractivity contribution in [1.82, 2.24) is 5.32 Å². The summed E-state index contributed by atoms with van der Waals surface area (Å²) in [5.41, 5.74) is 4.99. The van der Waals surface area contributed by atoms with Crippen LogP contribution in [0.3, 0.4) is 0 Å². The molecule has 1 atom stereocenters. The average molecular weight is 244 g/mol. The number of primary amides is 1. The zero-order valence-electron chi connectivity index (χ0n) is 10.3. The molecular formula is C11H20N2O4. The van der Waals surface area contributed by atoms with E-state index in [4.69, 9.17) is 10.5 Å². The summed E-state index contributed by atoms with van der Waals surface area (Å²) in [5, 5.41) is 2.34. The van der Waals surface area contributed by atoms with Gasteiger partial charge >= 0.3 is 5.97 Å². The number of hydrogen-bond donors (Lipinski definition) is 2. The van der Waals surface area contributed by atoms with E-state index in [1.54, 1.807) is 0 Å². The molecule has 98 valence electrons. The van der Waals surface area contributed by atoms with E-state index < -0.39 is 23.8 Å². The van der Waals surface area contributed by atoms with Gasteiger partial charge in [-0.15, -0.1) is 0 Å². The van der Waals surface area contributed by atoms with Crippen LogP contribution in [0.25, 0.3) is 0 Å². The van der Waals surface area contributed by atoms with Crippen LogP contribution in [0.1, 0.15) is 39.5 Å². The van der Waals surface area contributed by atoms with E-state index in [9.17, 15) is 14.4 Å². The molecule has 0 bridgehead atoms. The first-order valence-electron chi connectivity index (χ1n) is 5.69. The predicted molar refractivity (Wildman–Crippen MR) is 61.9 cm³/mol. The third-order valence-electron chi connectivity index (χ3n) is 2.06. The first-order chi connectivity index (χ1) is 7.97. The van der Waals surface area contributed by atoms with Crippen molar-refractivity contribution in [2.75, 3.05) is 6.61 Å². The fourth-order valence-electron chi connectivity index (χ4n) is 1.27. The smallest absolute Gasteiger partial charge is 0.329 e. The second-order valence-corrected chi connectivity index (χ2v) is 3.80.